The first-order valence-electron chi connectivity index (χ1n) is 5.31. The number of aromatic nitrogens is 2. The maximum Gasteiger partial charge on any atom is 0.271 e. The van der Waals surface area contributed by atoms with Crippen LogP contribution < -0.4 is 0 Å². The first kappa shape index (κ1) is 12.0. The molecule has 1 heterocycles. The number of nitro groups is 1. The van der Waals surface area contributed by atoms with Gasteiger partial charge in [0.15, 0.2) is 0 Å². The highest BCUT2D eigenvalue weighted by Gasteiger charge is 2.12. The number of nitro benzene ring substituents is 1. The molecule has 90 valence electrons. The summed E-state index contributed by atoms with van der Waals surface area (Å²) >= 11 is 3.37. The lowest BCUT2D eigenvalue weighted by Crippen LogP contribution is -2.00. The highest BCUT2D eigenvalue weighted by atomic mass is 79.9. The van der Waals surface area contributed by atoms with Gasteiger partial charge in [-0.25, -0.2) is 0 Å². The van der Waals surface area contributed by atoms with Gasteiger partial charge in [0.1, 0.15) is 0 Å². The quantitative estimate of drug-likeness (QED) is 0.495. The molecule has 17 heavy (non-hydrogen) atoms. The Kier molecular flexibility index (Phi) is 3.42. The van der Waals surface area contributed by atoms with Gasteiger partial charge in [-0.2, -0.15) is 5.10 Å². The van der Waals surface area contributed by atoms with Gasteiger partial charge in [0, 0.05) is 29.4 Å². The molecule has 0 radical (unpaired) electrons. The zero-order valence-corrected chi connectivity index (χ0v) is 11.0. The second-order valence-corrected chi connectivity index (χ2v) is 4.60. The second-order valence-electron chi connectivity index (χ2n) is 3.81. The van der Waals surface area contributed by atoms with Crippen LogP contribution in [0, 0.1) is 17.0 Å². The van der Waals surface area contributed by atoms with Crippen molar-refractivity contribution in [2.75, 3.05) is 5.33 Å². The fraction of sp³-hybridized carbons (Fsp3) is 0.364. The summed E-state index contributed by atoms with van der Waals surface area (Å²) in [5.41, 5.74) is 1.85. The third-order valence-corrected chi connectivity index (χ3v) is 3.19. The van der Waals surface area contributed by atoms with E-state index in [0.717, 1.165) is 34.9 Å². The Morgan fingerprint density at radius 3 is 2.94 bits per heavy atom. The maximum atomic E-state index is 10.7. The van der Waals surface area contributed by atoms with E-state index in [1.807, 2.05) is 11.6 Å². The molecule has 0 amide bonds. The van der Waals surface area contributed by atoms with Crippen LogP contribution >= 0.6 is 15.9 Å². The van der Waals surface area contributed by atoms with Gasteiger partial charge in [0.05, 0.1) is 16.1 Å². The van der Waals surface area contributed by atoms with Crippen LogP contribution in [0.1, 0.15) is 12.1 Å². The SMILES string of the molecule is Cc1nn(CCCBr)c2cc([N+](=O)[O-])ccc12. The molecule has 6 heteroatoms. The van der Waals surface area contributed by atoms with Crippen LogP contribution in [0.5, 0.6) is 0 Å². The van der Waals surface area contributed by atoms with Crippen molar-refractivity contribution in [2.45, 2.75) is 19.9 Å². The molecule has 0 aliphatic heterocycles. The molecule has 0 N–H and O–H groups in total. The Labute approximate surface area is 107 Å². The largest absolute Gasteiger partial charge is 0.271 e. The number of hydrogen-bond acceptors (Lipinski definition) is 3. The number of hydrogen-bond donors (Lipinski definition) is 0. The molecule has 0 saturated heterocycles. The Morgan fingerprint density at radius 2 is 2.29 bits per heavy atom. The van der Waals surface area contributed by atoms with Crippen LogP contribution in [-0.2, 0) is 6.54 Å². The van der Waals surface area contributed by atoms with Crippen LogP contribution in [0.25, 0.3) is 10.9 Å². The highest BCUT2D eigenvalue weighted by Crippen LogP contribution is 2.23. The average Bonchev–Trinajstić information content (AvgIpc) is 2.63. The molecular weight excluding hydrogens is 286 g/mol. The molecule has 0 aliphatic carbocycles. The zero-order chi connectivity index (χ0) is 12.4. The summed E-state index contributed by atoms with van der Waals surface area (Å²) in [5, 5.41) is 17.0. The third-order valence-electron chi connectivity index (χ3n) is 2.63. The van der Waals surface area contributed by atoms with E-state index in [1.54, 1.807) is 12.1 Å². The monoisotopic (exact) mass is 297 g/mol. The van der Waals surface area contributed by atoms with Crippen molar-refractivity contribution in [3.05, 3.63) is 34.0 Å². The van der Waals surface area contributed by atoms with Gasteiger partial charge in [0.25, 0.3) is 5.69 Å². The Balaban J connectivity index is 2.52. The molecule has 2 aromatic rings. The summed E-state index contributed by atoms with van der Waals surface area (Å²) in [6, 6.07) is 4.87. The maximum absolute atomic E-state index is 10.7. The number of benzene rings is 1. The average molecular weight is 298 g/mol. The molecule has 5 nitrogen and oxygen atoms in total. The van der Waals surface area contributed by atoms with Crippen molar-refractivity contribution in [2.24, 2.45) is 0 Å². The van der Waals surface area contributed by atoms with Crippen LogP contribution in [0.3, 0.4) is 0 Å². The Morgan fingerprint density at radius 1 is 1.53 bits per heavy atom. The van der Waals surface area contributed by atoms with E-state index in [9.17, 15) is 10.1 Å². The smallest absolute Gasteiger partial charge is 0.264 e. The van der Waals surface area contributed by atoms with Crippen molar-refractivity contribution < 1.29 is 4.92 Å². The van der Waals surface area contributed by atoms with Crippen molar-refractivity contribution in [3.63, 3.8) is 0 Å². The standard InChI is InChI=1S/C11H12BrN3O2/c1-8-10-4-3-9(15(16)17)7-11(10)14(13-8)6-2-5-12/h3-4,7H,2,5-6H2,1H3. The number of nitrogens with zero attached hydrogens (tertiary/aromatic N) is 3. The topological polar surface area (TPSA) is 61.0 Å². The van der Waals surface area contributed by atoms with E-state index in [-0.39, 0.29) is 10.6 Å². The normalized spacial score (nSPS) is 10.9. The van der Waals surface area contributed by atoms with Gasteiger partial charge >= 0.3 is 0 Å². The summed E-state index contributed by atoms with van der Waals surface area (Å²) in [7, 11) is 0. The number of rotatable bonds is 4. The lowest BCUT2D eigenvalue weighted by molar-refractivity contribution is -0.384. The van der Waals surface area contributed by atoms with Crippen molar-refractivity contribution in [3.8, 4) is 0 Å². The number of non-ortho nitro benzene ring substituents is 1. The van der Waals surface area contributed by atoms with E-state index in [4.69, 9.17) is 0 Å². The van der Waals surface area contributed by atoms with Gasteiger partial charge in [-0.15, -0.1) is 0 Å². The van der Waals surface area contributed by atoms with Gasteiger partial charge in [0.2, 0.25) is 0 Å². The lowest BCUT2D eigenvalue weighted by Gasteiger charge is -2.01. The van der Waals surface area contributed by atoms with Crippen molar-refractivity contribution >= 4 is 32.5 Å². The van der Waals surface area contributed by atoms with E-state index < -0.39 is 0 Å². The lowest BCUT2D eigenvalue weighted by atomic mass is 10.2. The Bertz CT molecular complexity index is 565. The van der Waals surface area contributed by atoms with E-state index in [0.29, 0.717) is 0 Å². The molecule has 0 bridgehead atoms. The van der Waals surface area contributed by atoms with Crippen molar-refractivity contribution in [1.82, 2.24) is 9.78 Å². The summed E-state index contributed by atoms with van der Waals surface area (Å²) in [4.78, 5) is 10.4. The van der Waals surface area contributed by atoms with Gasteiger partial charge in [-0.1, -0.05) is 15.9 Å². The van der Waals surface area contributed by atoms with E-state index >= 15 is 0 Å². The summed E-state index contributed by atoms with van der Waals surface area (Å²) in [5.74, 6) is 0. The van der Waals surface area contributed by atoms with E-state index in [1.165, 1.54) is 6.07 Å². The minimum atomic E-state index is -0.378. The molecule has 0 saturated carbocycles. The minimum absolute atomic E-state index is 0.109. The van der Waals surface area contributed by atoms with Crippen LogP contribution in [0.2, 0.25) is 0 Å². The number of halogens is 1. The number of alkyl halides is 1. The Hall–Kier alpha value is -1.43. The van der Waals surface area contributed by atoms with Gasteiger partial charge in [-0.05, 0) is 19.4 Å². The number of aryl methyl sites for hydroxylation is 2. The van der Waals surface area contributed by atoms with Crippen LogP contribution in [0.4, 0.5) is 5.69 Å². The predicted octanol–water partition coefficient (Wildman–Crippen LogP) is 3.04. The molecule has 0 unspecified atom stereocenters. The fourth-order valence-electron chi connectivity index (χ4n) is 1.82. The molecule has 2 rings (SSSR count). The molecular formula is C11H12BrN3O2. The molecule has 0 fully saturated rings. The van der Waals surface area contributed by atoms with Crippen LogP contribution in [-0.4, -0.2) is 20.0 Å². The van der Waals surface area contributed by atoms with Crippen molar-refractivity contribution in [1.29, 1.82) is 0 Å². The summed E-state index contributed by atoms with van der Waals surface area (Å²) < 4.78 is 1.83. The molecule has 0 atom stereocenters. The first-order chi connectivity index (χ1) is 8.13. The predicted molar refractivity (Wildman–Crippen MR) is 69.5 cm³/mol. The van der Waals surface area contributed by atoms with Gasteiger partial charge in [-0.3, -0.25) is 14.8 Å². The number of fused-ring (bicyclic) bond motifs is 1. The van der Waals surface area contributed by atoms with E-state index in [2.05, 4.69) is 21.0 Å². The molecule has 1 aromatic carbocycles. The molecule has 1 aromatic heterocycles. The third kappa shape index (κ3) is 2.31. The first-order valence-corrected chi connectivity index (χ1v) is 6.43. The van der Waals surface area contributed by atoms with Crippen LogP contribution in [0.15, 0.2) is 18.2 Å². The molecule has 0 aliphatic rings. The summed E-state index contributed by atoms with van der Waals surface area (Å²) in [6.07, 6.45) is 0.943. The second kappa shape index (κ2) is 4.83. The fourth-order valence-corrected chi connectivity index (χ4v) is 2.07. The summed E-state index contributed by atoms with van der Waals surface area (Å²) in [6.45, 7) is 2.68. The highest BCUT2D eigenvalue weighted by molar-refractivity contribution is 9.09. The zero-order valence-electron chi connectivity index (χ0n) is 9.39. The molecule has 0 spiro atoms. The van der Waals surface area contributed by atoms with Gasteiger partial charge < -0.3 is 0 Å². The minimum Gasteiger partial charge on any atom is -0.264 e.